The summed E-state index contributed by atoms with van der Waals surface area (Å²) >= 11 is 6.06. The van der Waals surface area contributed by atoms with Crippen molar-refractivity contribution in [1.29, 1.82) is 0 Å². The van der Waals surface area contributed by atoms with Crippen LogP contribution in [-0.2, 0) is 13.1 Å². The van der Waals surface area contributed by atoms with Crippen molar-refractivity contribution < 1.29 is 4.74 Å². The summed E-state index contributed by atoms with van der Waals surface area (Å²) in [6, 6.07) is 6.11. The van der Waals surface area contributed by atoms with Gasteiger partial charge in [0.1, 0.15) is 5.75 Å². The van der Waals surface area contributed by atoms with E-state index in [4.69, 9.17) is 16.3 Å². The highest BCUT2D eigenvalue weighted by Gasteiger charge is 2.08. The van der Waals surface area contributed by atoms with Crippen LogP contribution in [0.2, 0.25) is 5.02 Å². The number of aromatic nitrogens is 2. The number of hydrogen-bond acceptors (Lipinski definition) is 3. The summed E-state index contributed by atoms with van der Waals surface area (Å²) in [4.78, 5) is 0. The maximum Gasteiger partial charge on any atom is 0.165 e. The molecule has 5 heteroatoms. The summed E-state index contributed by atoms with van der Waals surface area (Å²) in [5.41, 5.74) is 1.08. The molecule has 0 aliphatic heterocycles. The standard InChI is InChI=1S/C15H20ClN3O/c1-4-19-10-14(9-18-19)20-15-7-13(16)6-5-12(15)8-17-11(2)3/h5-7,9-11,17H,4,8H2,1-3H3. The third-order valence-corrected chi connectivity index (χ3v) is 3.13. The Morgan fingerprint density at radius 3 is 2.85 bits per heavy atom. The highest BCUT2D eigenvalue weighted by atomic mass is 35.5. The Morgan fingerprint density at radius 1 is 1.40 bits per heavy atom. The fourth-order valence-corrected chi connectivity index (χ4v) is 1.94. The minimum Gasteiger partial charge on any atom is -0.454 e. The monoisotopic (exact) mass is 293 g/mol. The van der Waals surface area contributed by atoms with Crippen molar-refractivity contribution in [2.45, 2.75) is 39.9 Å². The molecular weight excluding hydrogens is 274 g/mol. The minimum atomic E-state index is 0.418. The molecule has 1 heterocycles. The Kier molecular flexibility index (Phi) is 5.04. The molecule has 0 fully saturated rings. The number of rotatable bonds is 6. The van der Waals surface area contributed by atoms with Crippen LogP contribution in [-0.4, -0.2) is 15.8 Å². The van der Waals surface area contributed by atoms with Gasteiger partial charge in [0.2, 0.25) is 0 Å². The first-order chi connectivity index (χ1) is 9.58. The van der Waals surface area contributed by atoms with Crippen LogP contribution < -0.4 is 10.1 Å². The van der Waals surface area contributed by atoms with Gasteiger partial charge in [-0.1, -0.05) is 31.5 Å². The molecule has 20 heavy (non-hydrogen) atoms. The second-order valence-electron chi connectivity index (χ2n) is 4.92. The topological polar surface area (TPSA) is 39.1 Å². The molecule has 1 aromatic heterocycles. The molecule has 1 N–H and O–H groups in total. The third-order valence-electron chi connectivity index (χ3n) is 2.89. The molecule has 0 amide bonds. The molecular formula is C15H20ClN3O. The highest BCUT2D eigenvalue weighted by Crippen LogP contribution is 2.28. The Bertz CT molecular complexity index is 566. The molecule has 2 rings (SSSR count). The number of nitrogens with one attached hydrogen (secondary N) is 1. The molecule has 0 radical (unpaired) electrons. The fourth-order valence-electron chi connectivity index (χ4n) is 1.78. The molecule has 0 spiro atoms. The van der Waals surface area contributed by atoms with E-state index in [-0.39, 0.29) is 0 Å². The first-order valence-electron chi connectivity index (χ1n) is 6.80. The van der Waals surface area contributed by atoms with Crippen molar-refractivity contribution in [3.8, 4) is 11.5 Å². The summed E-state index contributed by atoms with van der Waals surface area (Å²) in [5, 5.41) is 8.24. The van der Waals surface area contributed by atoms with Gasteiger partial charge >= 0.3 is 0 Å². The summed E-state index contributed by atoms with van der Waals surface area (Å²) < 4.78 is 7.72. The van der Waals surface area contributed by atoms with Crippen molar-refractivity contribution in [2.24, 2.45) is 0 Å². The van der Waals surface area contributed by atoms with Crippen molar-refractivity contribution in [1.82, 2.24) is 15.1 Å². The second-order valence-corrected chi connectivity index (χ2v) is 5.36. The molecule has 4 nitrogen and oxygen atoms in total. The molecule has 0 unspecified atom stereocenters. The van der Waals surface area contributed by atoms with Gasteiger partial charge in [0, 0.05) is 29.7 Å². The van der Waals surface area contributed by atoms with Gasteiger partial charge in [0.15, 0.2) is 5.75 Å². The van der Waals surface area contributed by atoms with E-state index in [1.807, 2.05) is 36.0 Å². The second kappa shape index (κ2) is 6.77. The van der Waals surface area contributed by atoms with Gasteiger partial charge in [-0.15, -0.1) is 0 Å². The normalized spacial score (nSPS) is 11.1. The Hall–Kier alpha value is -1.52. The van der Waals surface area contributed by atoms with Crippen LogP contribution in [0.4, 0.5) is 0 Å². The number of halogens is 1. The van der Waals surface area contributed by atoms with E-state index in [2.05, 4.69) is 24.3 Å². The largest absolute Gasteiger partial charge is 0.454 e. The minimum absolute atomic E-state index is 0.418. The van der Waals surface area contributed by atoms with Crippen molar-refractivity contribution >= 4 is 11.6 Å². The number of ether oxygens (including phenoxy) is 1. The average molecular weight is 294 g/mol. The SMILES string of the molecule is CCn1cc(Oc2cc(Cl)ccc2CNC(C)C)cn1. The molecule has 0 atom stereocenters. The smallest absolute Gasteiger partial charge is 0.165 e. The first kappa shape index (κ1) is 14.9. The van der Waals surface area contributed by atoms with Crippen LogP contribution in [0.1, 0.15) is 26.3 Å². The first-order valence-corrected chi connectivity index (χ1v) is 7.18. The lowest BCUT2D eigenvalue weighted by atomic mass is 10.2. The van der Waals surface area contributed by atoms with Gasteiger partial charge < -0.3 is 10.1 Å². The van der Waals surface area contributed by atoms with Gasteiger partial charge in [0.05, 0.1) is 12.4 Å². The predicted octanol–water partition coefficient (Wildman–Crippen LogP) is 3.85. The molecule has 108 valence electrons. The summed E-state index contributed by atoms with van der Waals surface area (Å²) in [5.74, 6) is 1.49. The van der Waals surface area contributed by atoms with Crippen molar-refractivity contribution in [3.63, 3.8) is 0 Å². The summed E-state index contributed by atoms with van der Waals surface area (Å²) in [7, 11) is 0. The van der Waals surface area contributed by atoms with Crippen LogP contribution in [0.5, 0.6) is 11.5 Å². The Balaban J connectivity index is 2.17. The van der Waals surface area contributed by atoms with E-state index in [1.165, 1.54) is 0 Å². The maximum absolute atomic E-state index is 6.06. The van der Waals surface area contributed by atoms with E-state index in [1.54, 1.807) is 6.20 Å². The van der Waals surface area contributed by atoms with Crippen LogP contribution in [0.25, 0.3) is 0 Å². The average Bonchev–Trinajstić information content (AvgIpc) is 2.85. The lowest BCUT2D eigenvalue weighted by Gasteiger charge is -2.13. The zero-order valence-electron chi connectivity index (χ0n) is 12.1. The van der Waals surface area contributed by atoms with Crippen molar-refractivity contribution in [3.05, 3.63) is 41.2 Å². The van der Waals surface area contributed by atoms with Gasteiger partial charge in [-0.2, -0.15) is 5.10 Å². The van der Waals surface area contributed by atoms with E-state index < -0.39 is 0 Å². The van der Waals surface area contributed by atoms with Crippen LogP contribution >= 0.6 is 11.6 Å². The third kappa shape index (κ3) is 3.99. The van der Waals surface area contributed by atoms with E-state index >= 15 is 0 Å². The highest BCUT2D eigenvalue weighted by molar-refractivity contribution is 6.30. The number of benzene rings is 1. The lowest BCUT2D eigenvalue weighted by Crippen LogP contribution is -2.22. The predicted molar refractivity (Wildman–Crippen MR) is 81.4 cm³/mol. The van der Waals surface area contributed by atoms with Gasteiger partial charge in [-0.25, -0.2) is 0 Å². The van der Waals surface area contributed by atoms with Crippen LogP contribution in [0.3, 0.4) is 0 Å². The van der Waals surface area contributed by atoms with E-state index in [9.17, 15) is 0 Å². The Morgan fingerprint density at radius 2 is 2.20 bits per heavy atom. The molecule has 0 aliphatic carbocycles. The molecule has 0 bridgehead atoms. The zero-order valence-corrected chi connectivity index (χ0v) is 12.8. The van der Waals surface area contributed by atoms with Crippen molar-refractivity contribution in [2.75, 3.05) is 0 Å². The van der Waals surface area contributed by atoms with Crippen LogP contribution in [0, 0.1) is 0 Å². The van der Waals surface area contributed by atoms with E-state index in [0.717, 1.165) is 30.2 Å². The fraction of sp³-hybridized carbons (Fsp3) is 0.400. The molecule has 0 saturated carbocycles. The molecule has 0 aliphatic rings. The maximum atomic E-state index is 6.06. The van der Waals surface area contributed by atoms with Gasteiger partial charge in [0.25, 0.3) is 0 Å². The molecule has 0 saturated heterocycles. The zero-order chi connectivity index (χ0) is 14.5. The van der Waals surface area contributed by atoms with Gasteiger partial charge in [-0.05, 0) is 19.1 Å². The van der Waals surface area contributed by atoms with Crippen LogP contribution in [0.15, 0.2) is 30.6 Å². The molecule has 2 aromatic rings. The summed E-state index contributed by atoms with van der Waals surface area (Å²) in [6.45, 7) is 7.82. The quantitative estimate of drug-likeness (QED) is 0.879. The van der Waals surface area contributed by atoms with E-state index in [0.29, 0.717) is 11.1 Å². The number of nitrogens with zero attached hydrogens (tertiary/aromatic N) is 2. The number of hydrogen-bond donors (Lipinski definition) is 1. The van der Waals surface area contributed by atoms with Gasteiger partial charge in [-0.3, -0.25) is 4.68 Å². The molecule has 1 aromatic carbocycles. The summed E-state index contributed by atoms with van der Waals surface area (Å²) in [6.07, 6.45) is 3.59. The number of aryl methyl sites for hydroxylation is 1. The Labute approximate surface area is 124 Å². The lowest BCUT2D eigenvalue weighted by molar-refractivity contribution is 0.468.